The number of aryl methyl sites for hydroxylation is 1. The maximum atomic E-state index is 11.9. The zero-order valence-electron chi connectivity index (χ0n) is 9.52. The fourth-order valence-corrected chi connectivity index (χ4v) is 1.93. The van der Waals surface area contributed by atoms with Crippen molar-refractivity contribution in [2.45, 2.75) is 25.8 Å². The van der Waals surface area contributed by atoms with Crippen LogP contribution in [0.25, 0.3) is 0 Å². The molecule has 0 radical (unpaired) electrons. The molecular formula is C12H17NO3. The Hall–Kier alpha value is -1.29. The van der Waals surface area contributed by atoms with Crippen molar-refractivity contribution in [2.75, 3.05) is 19.8 Å². The monoisotopic (exact) mass is 223 g/mol. The van der Waals surface area contributed by atoms with Crippen LogP contribution in [0.1, 0.15) is 19.1 Å². The van der Waals surface area contributed by atoms with Gasteiger partial charge in [-0.15, -0.1) is 0 Å². The summed E-state index contributed by atoms with van der Waals surface area (Å²) in [5.74, 6) is 1.06. The topological polar surface area (TPSA) is 42.7 Å². The molecule has 1 aliphatic rings. The van der Waals surface area contributed by atoms with Gasteiger partial charge < -0.3 is 14.1 Å². The van der Waals surface area contributed by atoms with Crippen LogP contribution >= 0.6 is 0 Å². The van der Waals surface area contributed by atoms with Crippen molar-refractivity contribution in [3.05, 3.63) is 24.2 Å². The van der Waals surface area contributed by atoms with Crippen molar-refractivity contribution in [3.63, 3.8) is 0 Å². The molecule has 1 aromatic rings. The van der Waals surface area contributed by atoms with E-state index in [0.717, 1.165) is 5.76 Å². The largest absolute Gasteiger partial charge is 0.469 e. The van der Waals surface area contributed by atoms with Crippen LogP contribution in [-0.4, -0.2) is 36.6 Å². The fourth-order valence-electron chi connectivity index (χ4n) is 1.93. The molecular weight excluding hydrogens is 206 g/mol. The van der Waals surface area contributed by atoms with Crippen LogP contribution < -0.4 is 0 Å². The molecule has 0 N–H and O–H groups in total. The van der Waals surface area contributed by atoms with Crippen molar-refractivity contribution in [2.24, 2.45) is 0 Å². The molecule has 1 aromatic heterocycles. The number of furan rings is 1. The normalized spacial score (nSPS) is 21.1. The maximum absolute atomic E-state index is 11.9. The van der Waals surface area contributed by atoms with E-state index in [1.165, 1.54) is 0 Å². The minimum atomic E-state index is 0.187. The molecule has 2 rings (SSSR count). The number of nitrogens with zero attached hydrogens (tertiary/aromatic N) is 1. The third kappa shape index (κ3) is 2.64. The van der Waals surface area contributed by atoms with Crippen molar-refractivity contribution in [3.8, 4) is 0 Å². The summed E-state index contributed by atoms with van der Waals surface area (Å²) in [6.45, 7) is 4.02. The molecule has 4 nitrogen and oxygen atoms in total. The number of amides is 1. The van der Waals surface area contributed by atoms with Gasteiger partial charge in [0.1, 0.15) is 5.76 Å². The molecule has 0 unspecified atom stereocenters. The first-order valence-corrected chi connectivity index (χ1v) is 5.67. The average molecular weight is 223 g/mol. The molecule has 1 saturated heterocycles. The van der Waals surface area contributed by atoms with Crippen LogP contribution in [-0.2, 0) is 16.0 Å². The van der Waals surface area contributed by atoms with Crippen LogP contribution in [0.15, 0.2) is 22.8 Å². The van der Waals surface area contributed by atoms with Crippen LogP contribution in [0.5, 0.6) is 0 Å². The maximum Gasteiger partial charge on any atom is 0.223 e. The first-order chi connectivity index (χ1) is 7.77. The van der Waals surface area contributed by atoms with Gasteiger partial charge in [0, 0.05) is 19.4 Å². The zero-order chi connectivity index (χ0) is 11.4. The molecule has 1 amide bonds. The van der Waals surface area contributed by atoms with E-state index in [1.807, 2.05) is 24.0 Å². The third-order valence-electron chi connectivity index (χ3n) is 2.85. The van der Waals surface area contributed by atoms with Crippen molar-refractivity contribution in [1.82, 2.24) is 4.90 Å². The summed E-state index contributed by atoms with van der Waals surface area (Å²) in [4.78, 5) is 13.8. The second-order valence-electron chi connectivity index (χ2n) is 4.09. The van der Waals surface area contributed by atoms with Gasteiger partial charge in [-0.25, -0.2) is 0 Å². The number of hydrogen-bond acceptors (Lipinski definition) is 3. The Morgan fingerprint density at radius 1 is 1.62 bits per heavy atom. The molecule has 0 saturated carbocycles. The predicted octanol–water partition coefficient (Wildman–Crippen LogP) is 1.46. The Morgan fingerprint density at radius 2 is 2.50 bits per heavy atom. The zero-order valence-corrected chi connectivity index (χ0v) is 9.52. The lowest BCUT2D eigenvalue weighted by atomic mass is 10.2. The Balaban J connectivity index is 1.83. The SMILES string of the molecule is C[C@H]1COCCN1C(=O)CCc1ccco1. The standard InChI is InChI=1S/C12H17NO3/c1-10-9-15-8-6-13(10)12(14)5-4-11-3-2-7-16-11/h2-3,7,10H,4-6,8-9H2,1H3/t10-/m0/s1. The number of carbonyl (C=O) groups is 1. The van der Waals surface area contributed by atoms with E-state index in [4.69, 9.17) is 9.15 Å². The van der Waals surface area contributed by atoms with Gasteiger partial charge in [-0.1, -0.05) is 0 Å². The van der Waals surface area contributed by atoms with Gasteiger partial charge in [0.15, 0.2) is 0 Å². The van der Waals surface area contributed by atoms with Gasteiger partial charge in [0.25, 0.3) is 0 Å². The van der Waals surface area contributed by atoms with Gasteiger partial charge in [-0.2, -0.15) is 0 Å². The van der Waals surface area contributed by atoms with E-state index < -0.39 is 0 Å². The summed E-state index contributed by atoms with van der Waals surface area (Å²) in [6, 6.07) is 3.94. The quantitative estimate of drug-likeness (QED) is 0.779. The number of ether oxygens (including phenoxy) is 1. The van der Waals surface area contributed by atoms with Gasteiger partial charge in [-0.05, 0) is 19.1 Å². The summed E-state index contributed by atoms with van der Waals surface area (Å²) in [5.41, 5.74) is 0. The van der Waals surface area contributed by atoms with Crippen molar-refractivity contribution >= 4 is 5.91 Å². The second-order valence-corrected chi connectivity index (χ2v) is 4.09. The van der Waals surface area contributed by atoms with Gasteiger partial charge >= 0.3 is 0 Å². The average Bonchev–Trinajstić information content (AvgIpc) is 2.79. The third-order valence-corrected chi connectivity index (χ3v) is 2.85. The van der Waals surface area contributed by atoms with Gasteiger partial charge in [-0.3, -0.25) is 4.79 Å². The van der Waals surface area contributed by atoms with Crippen LogP contribution in [0.4, 0.5) is 0 Å². The highest BCUT2D eigenvalue weighted by Crippen LogP contribution is 2.10. The summed E-state index contributed by atoms with van der Waals surface area (Å²) < 4.78 is 10.5. The highest BCUT2D eigenvalue weighted by atomic mass is 16.5. The first-order valence-electron chi connectivity index (χ1n) is 5.67. The Kier molecular flexibility index (Phi) is 3.62. The molecule has 0 aromatic carbocycles. The highest BCUT2D eigenvalue weighted by Gasteiger charge is 2.23. The van der Waals surface area contributed by atoms with E-state index in [0.29, 0.717) is 32.6 Å². The molecule has 0 aliphatic carbocycles. The number of rotatable bonds is 3. The molecule has 1 atom stereocenters. The van der Waals surface area contributed by atoms with E-state index in [9.17, 15) is 4.79 Å². The lowest BCUT2D eigenvalue weighted by Gasteiger charge is -2.33. The van der Waals surface area contributed by atoms with E-state index in [2.05, 4.69) is 0 Å². The number of hydrogen-bond donors (Lipinski definition) is 0. The summed E-state index contributed by atoms with van der Waals surface area (Å²) in [5, 5.41) is 0. The van der Waals surface area contributed by atoms with Gasteiger partial charge in [0.05, 0.1) is 25.5 Å². The smallest absolute Gasteiger partial charge is 0.223 e. The van der Waals surface area contributed by atoms with Crippen LogP contribution in [0.3, 0.4) is 0 Å². The number of carbonyl (C=O) groups excluding carboxylic acids is 1. The van der Waals surface area contributed by atoms with Crippen LogP contribution in [0.2, 0.25) is 0 Å². The Morgan fingerprint density at radius 3 is 3.19 bits per heavy atom. The Bertz CT molecular complexity index is 334. The molecule has 0 bridgehead atoms. The molecule has 2 heterocycles. The molecule has 0 spiro atoms. The Labute approximate surface area is 95.2 Å². The van der Waals surface area contributed by atoms with Crippen molar-refractivity contribution < 1.29 is 13.9 Å². The predicted molar refractivity (Wildman–Crippen MR) is 59.0 cm³/mol. The molecule has 1 fully saturated rings. The minimum absolute atomic E-state index is 0.187. The second kappa shape index (κ2) is 5.16. The molecule has 4 heteroatoms. The summed E-state index contributed by atoms with van der Waals surface area (Å²) >= 11 is 0. The van der Waals surface area contributed by atoms with Gasteiger partial charge in [0.2, 0.25) is 5.91 Å². The minimum Gasteiger partial charge on any atom is -0.469 e. The molecule has 1 aliphatic heterocycles. The van der Waals surface area contributed by atoms with E-state index in [1.54, 1.807) is 6.26 Å². The van der Waals surface area contributed by atoms with E-state index >= 15 is 0 Å². The van der Waals surface area contributed by atoms with Crippen LogP contribution in [0, 0.1) is 0 Å². The lowest BCUT2D eigenvalue weighted by Crippen LogP contribution is -2.47. The highest BCUT2D eigenvalue weighted by molar-refractivity contribution is 5.76. The fraction of sp³-hybridized carbons (Fsp3) is 0.583. The summed E-state index contributed by atoms with van der Waals surface area (Å²) in [6.07, 6.45) is 2.82. The summed E-state index contributed by atoms with van der Waals surface area (Å²) in [7, 11) is 0. The first kappa shape index (κ1) is 11.2. The molecule has 88 valence electrons. The van der Waals surface area contributed by atoms with E-state index in [-0.39, 0.29) is 11.9 Å². The number of morpholine rings is 1. The molecule has 16 heavy (non-hydrogen) atoms. The van der Waals surface area contributed by atoms with Crippen molar-refractivity contribution in [1.29, 1.82) is 0 Å². The lowest BCUT2D eigenvalue weighted by molar-refractivity contribution is -0.139.